The Morgan fingerprint density at radius 1 is 1.33 bits per heavy atom. The van der Waals surface area contributed by atoms with E-state index in [0.717, 1.165) is 5.69 Å². The Balaban J connectivity index is 2.61. The Hall–Kier alpha value is -1.88. The van der Waals surface area contributed by atoms with Crippen LogP contribution >= 0.6 is 0 Å². The second-order valence-electron chi connectivity index (χ2n) is 3.91. The molecule has 5 nitrogen and oxygen atoms in total. The number of hydrogen-bond acceptors (Lipinski definition) is 3. The maximum atomic E-state index is 12.0. The number of carboxylic acid groups (broad SMARTS) is 1. The largest absolute Gasteiger partial charge is 0.480 e. The Kier molecular flexibility index (Phi) is 5.32. The summed E-state index contributed by atoms with van der Waals surface area (Å²) in [5, 5.41) is 11.4. The molecular weight excluding hydrogens is 232 g/mol. The molecule has 0 fully saturated rings. The van der Waals surface area contributed by atoms with Gasteiger partial charge in [0.25, 0.3) is 0 Å². The van der Waals surface area contributed by atoms with Gasteiger partial charge in [-0.15, -0.1) is 0 Å². The van der Waals surface area contributed by atoms with Crippen LogP contribution in [0.2, 0.25) is 0 Å². The molecule has 0 bridgehead atoms. The van der Waals surface area contributed by atoms with Crippen LogP contribution in [0.15, 0.2) is 30.3 Å². The molecule has 0 saturated heterocycles. The third-order valence-electron chi connectivity index (χ3n) is 2.62. The second-order valence-corrected chi connectivity index (χ2v) is 3.91. The summed E-state index contributed by atoms with van der Waals surface area (Å²) in [7, 11) is 0. The zero-order valence-corrected chi connectivity index (χ0v) is 10.6. The van der Waals surface area contributed by atoms with Crippen LogP contribution in [0.1, 0.15) is 13.8 Å². The van der Waals surface area contributed by atoms with E-state index in [1.807, 2.05) is 37.3 Å². The normalized spacial score (nSPS) is 11.9. The van der Waals surface area contributed by atoms with Crippen molar-refractivity contribution in [2.45, 2.75) is 19.9 Å². The summed E-state index contributed by atoms with van der Waals surface area (Å²) < 4.78 is 0. The number of benzene rings is 1. The van der Waals surface area contributed by atoms with Gasteiger partial charge in [0.2, 0.25) is 5.91 Å². The molecule has 0 heterocycles. The van der Waals surface area contributed by atoms with Gasteiger partial charge in [-0.2, -0.15) is 0 Å². The van der Waals surface area contributed by atoms with Gasteiger partial charge in [0, 0.05) is 12.2 Å². The summed E-state index contributed by atoms with van der Waals surface area (Å²) in [5.41, 5.74) is 0.815. The van der Waals surface area contributed by atoms with Crippen molar-refractivity contribution in [1.82, 2.24) is 5.32 Å². The average molecular weight is 250 g/mol. The molecule has 5 heteroatoms. The summed E-state index contributed by atoms with van der Waals surface area (Å²) in [6.45, 7) is 3.95. The number of para-hydroxylation sites is 1. The van der Waals surface area contributed by atoms with Gasteiger partial charge >= 0.3 is 5.97 Å². The van der Waals surface area contributed by atoms with E-state index >= 15 is 0 Å². The number of amides is 1. The minimum atomic E-state index is -0.967. The third kappa shape index (κ3) is 3.85. The number of nitrogens with zero attached hydrogens (tertiary/aromatic N) is 1. The molecule has 1 rings (SSSR count). The lowest BCUT2D eigenvalue weighted by molar-refractivity contribution is -0.139. The predicted octanol–water partition coefficient (Wildman–Crippen LogP) is 1.10. The predicted molar refractivity (Wildman–Crippen MR) is 69.6 cm³/mol. The van der Waals surface area contributed by atoms with Crippen LogP contribution in [0.5, 0.6) is 0 Å². The number of likely N-dealkylation sites (N-methyl/N-ethyl adjacent to an activating group) is 1. The Morgan fingerprint density at radius 2 is 1.94 bits per heavy atom. The van der Waals surface area contributed by atoms with Gasteiger partial charge in [-0.3, -0.25) is 14.9 Å². The maximum absolute atomic E-state index is 12.0. The lowest BCUT2D eigenvalue weighted by Crippen LogP contribution is -2.43. The second kappa shape index (κ2) is 6.76. The van der Waals surface area contributed by atoms with Crippen molar-refractivity contribution in [1.29, 1.82) is 0 Å². The quantitative estimate of drug-likeness (QED) is 0.793. The van der Waals surface area contributed by atoms with Crippen LogP contribution < -0.4 is 10.2 Å². The molecule has 98 valence electrons. The maximum Gasteiger partial charge on any atom is 0.320 e. The number of anilines is 1. The zero-order chi connectivity index (χ0) is 13.5. The number of aliphatic carboxylic acids is 1. The molecule has 1 aromatic rings. The van der Waals surface area contributed by atoms with Crippen LogP contribution in [0, 0.1) is 0 Å². The van der Waals surface area contributed by atoms with Gasteiger partial charge in [-0.25, -0.2) is 0 Å². The highest BCUT2D eigenvalue weighted by Gasteiger charge is 2.16. The van der Waals surface area contributed by atoms with Crippen LogP contribution in [-0.2, 0) is 9.59 Å². The first-order valence-electron chi connectivity index (χ1n) is 5.87. The van der Waals surface area contributed by atoms with Gasteiger partial charge in [-0.05, 0) is 26.0 Å². The smallest absolute Gasteiger partial charge is 0.320 e. The highest BCUT2D eigenvalue weighted by Crippen LogP contribution is 2.12. The molecule has 0 aromatic heterocycles. The fourth-order valence-electron chi connectivity index (χ4n) is 1.53. The van der Waals surface area contributed by atoms with Crippen molar-refractivity contribution >= 4 is 17.6 Å². The molecule has 18 heavy (non-hydrogen) atoms. The van der Waals surface area contributed by atoms with Crippen LogP contribution in [-0.4, -0.2) is 36.1 Å². The molecule has 1 amide bonds. The molecule has 1 atom stereocenters. The molecule has 0 aliphatic carbocycles. The van der Waals surface area contributed by atoms with Gasteiger partial charge in [-0.1, -0.05) is 18.2 Å². The fraction of sp³-hybridized carbons (Fsp3) is 0.385. The van der Waals surface area contributed by atoms with Crippen LogP contribution in [0.3, 0.4) is 0 Å². The van der Waals surface area contributed by atoms with E-state index in [4.69, 9.17) is 5.11 Å². The SMILES string of the molecule is CCN(C(=O)CN[C@H](C)C(=O)O)c1ccccc1. The molecule has 0 unspecified atom stereocenters. The van der Waals surface area contributed by atoms with Gasteiger partial charge < -0.3 is 10.0 Å². The Bertz CT molecular complexity index is 406. The van der Waals surface area contributed by atoms with E-state index in [1.165, 1.54) is 6.92 Å². The average Bonchev–Trinajstić information content (AvgIpc) is 2.38. The number of hydrogen-bond donors (Lipinski definition) is 2. The summed E-state index contributed by atoms with van der Waals surface area (Å²) >= 11 is 0. The summed E-state index contributed by atoms with van der Waals surface area (Å²) in [6.07, 6.45) is 0. The lowest BCUT2D eigenvalue weighted by Gasteiger charge is -2.21. The number of carbonyl (C=O) groups excluding carboxylic acids is 1. The minimum absolute atomic E-state index is 0.0101. The molecule has 0 spiro atoms. The Labute approximate surface area is 106 Å². The van der Waals surface area contributed by atoms with Crippen molar-refractivity contribution in [3.63, 3.8) is 0 Å². The number of carbonyl (C=O) groups is 2. The molecular formula is C13H18N2O3. The van der Waals surface area contributed by atoms with E-state index in [0.29, 0.717) is 6.54 Å². The first-order chi connectivity index (χ1) is 8.56. The first-order valence-corrected chi connectivity index (χ1v) is 5.87. The molecule has 0 saturated carbocycles. The van der Waals surface area contributed by atoms with Crippen molar-refractivity contribution in [3.05, 3.63) is 30.3 Å². The monoisotopic (exact) mass is 250 g/mol. The van der Waals surface area contributed by atoms with Crippen molar-refractivity contribution in [2.24, 2.45) is 0 Å². The topological polar surface area (TPSA) is 69.6 Å². The van der Waals surface area contributed by atoms with Crippen LogP contribution in [0.4, 0.5) is 5.69 Å². The van der Waals surface area contributed by atoms with Crippen molar-refractivity contribution < 1.29 is 14.7 Å². The summed E-state index contributed by atoms with van der Waals surface area (Å²) in [6, 6.07) is 8.57. The van der Waals surface area contributed by atoms with E-state index in [1.54, 1.807) is 4.90 Å². The third-order valence-corrected chi connectivity index (χ3v) is 2.62. The minimum Gasteiger partial charge on any atom is -0.480 e. The summed E-state index contributed by atoms with van der Waals surface area (Å²) in [5.74, 6) is -1.11. The molecule has 2 N–H and O–H groups in total. The zero-order valence-electron chi connectivity index (χ0n) is 10.6. The summed E-state index contributed by atoms with van der Waals surface area (Å²) in [4.78, 5) is 24.2. The molecule has 0 aliphatic heterocycles. The number of rotatable bonds is 6. The molecule has 0 radical (unpaired) electrons. The fourth-order valence-corrected chi connectivity index (χ4v) is 1.53. The van der Waals surface area contributed by atoms with Crippen LogP contribution in [0.25, 0.3) is 0 Å². The van der Waals surface area contributed by atoms with Crippen molar-refractivity contribution in [2.75, 3.05) is 18.0 Å². The van der Waals surface area contributed by atoms with E-state index in [-0.39, 0.29) is 12.5 Å². The highest BCUT2D eigenvalue weighted by atomic mass is 16.4. The lowest BCUT2D eigenvalue weighted by atomic mass is 10.2. The van der Waals surface area contributed by atoms with Gasteiger partial charge in [0.15, 0.2) is 0 Å². The van der Waals surface area contributed by atoms with E-state index in [2.05, 4.69) is 5.32 Å². The Morgan fingerprint density at radius 3 is 2.44 bits per heavy atom. The van der Waals surface area contributed by atoms with Gasteiger partial charge in [0.1, 0.15) is 6.04 Å². The van der Waals surface area contributed by atoms with E-state index < -0.39 is 12.0 Å². The number of carboxylic acids is 1. The molecule has 1 aromatic carbocycles. The van der Waals surface area contributed by atoms with E-state index in [9.17, 15) is 9.59 Å². The highest BCUT2D eigenvalue weighted by molar-refractivity contribution is 5.95. The van der Waals surface area contributed by atoms with Gasteiger partial charge in [0.05, 0.1) is 6.54 Å². The first kappa shape index (κ1) is 14.2. The molecule has 0 aliphatic rings. The number of nitrogens with one attached hydrogen (secondary N) is 1. The van der Waals surface area contributed by atoms with Crippen molar-refractivity contribution in [3.8, 4) is 0 Å². The standard InChI is InChI=1S/C13H18N2O3/c1-3-15(11-7-5-4-6-8-11)12(16)9-14-10(2)13(17)18/h4-8,10,14H,3,9H2,1-2H3,(H,17,18)/t10-/m1/s1.